The summed E-state index contributed by atoms with van der Waals surface area (Å²) in [6.07, 6.45) is 6.44. The van der Waals surface area contributed by atoms with Gasteiger partial charge in [0.15, 0.2) is 5.03 Å². The predicted octanol–water partition coefficient (Wildman–Crippen LogP) is 1.02. The number of hydrogen-bond acceptors (Lipinski definition) is 4. The number of halogens is 1. The van der Waals surface area contributed by atoms with E-state index in [1.807, 2.05) is 17.7 Å². The summed E-state index contributed by atoms with van der Waals surface area (Å²) in [4.78, 5) is 7.82. The molecule has 17 heavy (non-hydrogen) atoms. The lowest BCUT2D eigenvalue weighted by molar-refractivity contribution is 0.566. The highest BCUT2D eigenvalue weighted by molar-refractivity contribution is 8.13. The average Bonchev–Trinajstić information content (AvgIpc) is 2.82. The van der Waals surface area contributed by atoms with E-state index in [4.69, 9.17) is 10.7 Å². The van der Waals surface area contributed by atoms with Gasteiger partial charge in [-0.25, -0.2) is 18.4 Å². The Morgan fingerprint density at radius 2 is 2.12 bits per heavy atom. The third kappa shape index (κ3) is 2.86. The van der Waals surface area contributed by atoms with Crippen molar-refractivity contribution in [2.45, 2.75) is 25.0 Å². The lowest BCUT2D eigenvalue weighted by Gasteiger charge is -2.04. The van der Waals surface area contributed by atoms with Crippen LogP contribution in [-0.4, -0.2) is 27.5 Å². The molecule has 2 heterocycles. The zero-order valence-corrected chi connectivity index (χ0v) is 10.7. The summed E-state index contributed by atoms with van der Waals surface area (Å²) in [5, 5.41) is -0.124. The van der Waals surface area contributed by atoms with E-state index < -0.39 is 9.05 Å². The molecule has 0 fully saturated rings. The Balaban J connectivity index is 2.06. The van der Waals surface area contributed by atoms with E-state index in [0.717, 1.165) is 5.82 Å². The van der Waals surface area contributed by atoms with Crippen LogP contribution < -0.4 is 0 Å². The summed E-state index contributed by atoms with van der Waals surface area (Å²) in [6, 6.07) is 0. The fourth-order valence-electron chi connectivity index (χ4n) is 1.45. The van der Waals surface area contributed by atoms with E-state index in [2.05, 4.69) is 9.97 Å². The van der Waals surface area contributed by atoms with Gasteiger partial charge >= 0.3 is 0 Å². The van der Waals surface area contributed by atoms with E-state index in [1.165, 1.54) is 12.5 Å². The molecule has 0 N–H and O–H groups in total. The van der Waals surface area contributed by atoms with Crippen molar-refractivity contribution in [1.29, 1.82) is 0 Å². The van der Waals surface area contributed by atoms with Gasteiger partial charge in [-0.05, 0) is 6.92 Å². The molecule has 0 amide bonds. The summed E-state index contributed by atoms with van der Waals surface area (Å²) in [6.45, 7) is 3.21. The highest BCUT2D eigenvalue weighted by atomic mass is 35.7. The zero-order valence-electron chi connectivity index (χ0n) is 9.12. The van der Waals surface area contributed by atoms with Crippen LogP contribution in [0.25, 0.3) is 0 Å². The molecule has 6 nitrogen and oxygen atoms in total. The highest BCUT2D eigenvalue weighted by Crippen LogP contribution is 2.11. The number of aromatic nitrogens is 4. The van der Waals surface area contributed by atoms with Crippen molar-refractivity contribution in [3.8, 4) is 0 Å². The van der Waals surface area contributed by atoms with Gasteiger partial charge in [-0.3, -0.25) is 0 Å². The van der Waals surface area contributed by atoms with Gasteiger partial charge in [0.2, 0.25) is 0 Å². The monoisotopic (exact) mass is 274 g/mol. The van der Waals surface area contributed by atoms with Crippen LogP contribution in [-0.2, 0) is 22.1 Å². The first kappa shape index (κ1) is 12.1. The Morgan fingerprint density at radius 1 is 1.35 bits per heavy atom. The minimum absolute atomic E-state index is 0.124. The third-order valence-electron chi connectivity index (χ3n) is 2.38. The van der Waals surface area contributed by atoms with Gasteiger partial charge in [0.1, 0.15) is 5.82 Å². The molecule has 0 aliphatic carbocycles. The number of imidazole rings is 2. The summed E-state index contributed by atoms with van der Waals surface area (Å²) < 4.78 is 25.7. The molecule has 0 aliphatic rings. The van der Waals surface area contributed by atoms with Crippen LogP contribution in [0.15, 0.2) is 29.9 Å². The van der Waals surface area contributed by atoms with Crippen molar-refractivity contribution >= 4 is 19.7 Å². The van der Waals surface area contributed by atoms with Gasteiger partial charge in [0, 0.05) is 42.4 Å². The molecule has 92 valence electrons. The normalized spacial score (nSPS) is 11.9. The SMILES string of the molecule is Cc1nccn1CCn1cnc(S(=O)(=O)Cl)c1. The lowest BCUT2D eigenvalue weighted by atomic mass is 10.5. The van der Waals surface area contributed by atoms with Crippen LogP contribution in [0.4, 0.5) is 0 Å². The van der Waals surface area contributed by atoms with E-state index in [0.29, 0.717) is 13.1 Å². The van der Waals surface area contributed by atoms with Gasteiger partial charge in [-0.15, -0.1) is 0 Å². The van der Waals surface area contributed by atoms with Gasteiger partial charge in [0.25, 0.3) is 9.05 Å². The summed E-state index contributed by atoms with van der Waals surface area (Å²) in [7, 11) is 1.44. The second kappa shape index (κ2) is 4.50. The highest BCUT2D eigenvalue weighted by Gasteiger charge is 2.13. The Kier molecular flexibility index (Phi) is 3.21. The first-order valence-electron chi connectivity index (χ1n) is 4.91. The van der Waals surface area contributed by atoms with Crippen LogP contribution >= 0.6 is 10.7 Å². The van der Waals surface area contributed by atoms with Gasteiger partial charge in [-0.2, -0.15) is 0 Å². The predicted molar refractivity (Wildman–Crippen MR) is 62.2 cm³/mol. The molecule has 0 spiro atoms. The van der Waals surface area contributed by atoms with Crippen LogP contribution in [0.2, 0.25) is 0 Å². The first-order valence-corrected chi connectivity index (χ1v) is 7.22. The maximum atomic E-state index is 11.0. The van der Waals surface area contributed by atoms with E-state index in [9.17, 15) is 8.42 Å². The van der Waals surface area contributed by atoms with Crippen LogP contribution in [0.5, 0.6) is 0 Å². The van der Waals surface area contributed by atoms with Crippen molar-refractivity contribution in [3.05, 3.63) is 30.7 Å². The molecule has 0 unspecified atom stereocenters. The standard InChI is InChI=1S/C9H11ClN4O2S/c1-8-11-2-3-14(8)5-4-13-6-9(12-7-13)17(10,15)16/h2-3,6-7H,4-5H2,1H3. The fourth-order valence-corrected chi connectivity index (χ4v) is 2.12. The second-order valence-electron chi connectivity index (χ2n) is 3.56. The maximum Gasteiger partial charge on any atom is 0.280 e. The van der Waals surface area contributed by atoms with E-state index in [1.54, 1.807) is 10.8 Å². The molecule has 2 aromatic heterocycles. The Bertz CT molecular complexity index is 616. The molecule has 0 saturated carbocycles. The van der Waals surface area contributed by atoms with Crippen LogP contribution in [0.3, 0.4) is 0 Å². The summed E-state index contributed by atoms with van der Waals surface area (Å²) >= 11 is 0. The maximum absolute atomic E-state index is 11.0. The summed E-state index contributed by atoms with van der Waals surface area (Å²) in [5.41, 5.74) is 0. The molecule has 0 atom stereocenters. The Labute approximate surface area is 103 Å². The van der Waals surface area contributed by atoms with Crippen molar-refractivity contribution < 1.29 is 8.42 Å². The number of rotatable bonds is 4. The van der Waals surface area contributed by atoms with Gasteiger partial charge in [0.05, 0.1) is 6.33 Å². The van der Waals surface area contributed by atoms with Crippen molar-refractivity contribution in [3.63, 3.8) is 0 Å². The van der Waals surface area contributed by atoms with Crippen molar-refractivity contribution in [1.82, 2.24) is 19.1 Å². The van der Waals surface area contributed by atoms with Gasteiger partial charge < -0.3 is 9.13 Å². The lowest BCUT2D eigenvalue weighted by Crippen LogP contribution is -2.06. The zero-order chi connectivity index (χ0) is 12.5. The average molecular weight is 275 g/mol. The topological polar surface area (TPSA) is 69.8 Å². The molecule has 8 heteroatoms. The summed E-state index contributed by atoms with van der Waals surface area (Å²) in [5.74, 6) is 0.912. The van der Waals surface area contributed by atoms with Gasteiger partial charge in [-0.1, -0.05) is 0 Å². The van der Waals surface area contributed by atoms with Crippen molar-refractivity contribution in [2.24, 2.45) is 0 Å². The number of nitrogens with zero attached hydrogens (tertiary/aromatic N) is 4. The molecule has 2 aromatic rings. The van der Waals surface area contributed by atoms with E-state index >= 15 is 0 Å². The fraction of sp³-hybridized carbons (Fsp3) is 0.333. The molecule has 0 saturated heterocycles. The molecular formula is C9H11ClN4O2S. The largest absolute Gasteiger partial charge is 0.334 e. The molecule has 0 bridgehead atoms. The van der Waals surface area contributed by atoms with E-state index in [-0.39, 0.29) is 5.03 Å². The minimum atomic E-state index is -3.74. The number of aryl methyl sites for hydroxylation is 3. The van der Waals surface area contributed by atoms with Crippen molar-refractivity contribution in [2.75, 3.05) is 0 Å². The van der Waals surface area contributed by atoms with Crippen LogP contribution in [0.1, 0.15) is 5.82 Å². The smallest absolute Gasteiger partial charge is 0.280 e. The third-order valence-corrected chi connectivity index (χ3v) is 3.57. The number of hydrogen-bond donors (Lipinski definition) is 0. The molecule has 0 aliphatic heterocycles. The van der Waals surface area contributed by atoms with Crippen LogP contribution in [0, 0.1) is 6.92 Å². The second-order valence-corrected chi connectivity index (χ2v) is 6.07. The molecule has 0 radical (unpaired) electrons. The quantitative estimate of drug-likeness (QED) is 0.781. The molecule has 2 rings (SSSR count). The Hall–Kier alpha value is -1.34. The molecular weight excluding hydrogens is 264 g/mol. The molecule has 0 aromatic carbocycles. The first-order chi connectivity index (χ1) is 7.97. The Morgan fingerprint density at radius 3 is 2.65 bits per heavy atom. The minimum Gasteiger partial charge on any atom is -0.334 e.